The summed E-state index contributed by atoms with van der Waals surface area (Å²) in [6, 6.07) is 14.8. The quantitative estimate of drug-likeness (QED) is 0.417. The maximum Gasteiger partial charge on any atom is 0.258 e. The second kappa shape index (κ2) is 11.0. The zero-order valence-electron chi connectivity index (χ0n) is 19.4. The van der Waals surface area contributed by atoms with E-state index in [9.17, 15) is 4.79 Å². The van der Waals surface area contributed by atoms with Crippen LogP contribution in [0.5, 0.6) is 17.2 Å². The normalized spacial score (nSPS) is 11.0. The third-order valence-electron chi connectivity index (χ3n) is 4.92. The molecular formula is C25H28N4O4. The number of rotatable bonds is 7. The summed E-state index contributed by atoms with van der Waals surface area (Å²) in [5.74, 6) is 1.10. The third-order valence-corrected chi connectivity index (χ3v) is 4.92. The number of amides is 1. The van der Waals surface area contributed by atoms with Crippen molar-refractivity contribution in [1.82, 2.24) is 10.3 Å². The van der Waals surface area contributed by atoms with Gasteiger partial charge in [-0.3, -0.25) is 15.1 Å². The fraction of sp³-hybridized carbons (Fsp3) is 0.240. The molecule has 1 amide bonds. The first-order chi connectivity index (χ1) is 15.9. The van der Waals surface area contributed by atoms with E-state index in [0.717, 1.165) is 22.5 Å². The number of anilines is 1. The van der Waals surface area contributed by atoms with Crippen LogP contribution in [0.15, 0.2) is 59.7 Å². The lowest BCUT2D eigenvalue weighted by Crippen LogP contribution is -2.36. The number of pyridine rings is 1. The fourth-order valence-electron chi connectivity index (χ4n) is 3.24. The molecule has 33 heavy (non-hydrogen) atoms. The molecule has 172 valence electrons. The number of aliphatic imine (C=N–C) groups is 1. The zero-order chi connectivity index (χ0) is 23.8. The van der Waals surface area contributed by atoms with Crippen molar-refractivity contribution in [2.75, 3.05) is 26.6 Å². The highest BCUT2D eigenvalue weighted by Crippen LogP contribution is 2.38. The second-order valence-electron chi connectivity index (χ2n) is 7.30. The molecule has 0 aliphatic heterocycles. The van der Waals surface area contributed by atoms with Gasteiger partial charge in [0.05, 0.1) is 33.6 Å². The van der Waals surface area contributed by atoms with Gasteiger partial charge in [0.15, 0.2) is 11.5 Å². The van der Waals surface area contributed by atoms with Crippen molar-refractivity contribution in [3.63, 3.8) is 0 Å². The van der Waals surface area contributed by atoms with Crippen LogP contribution in [0.2, 0.25) is 0 Å². The van der Waals surface area contributed by atoms with Gasteiger partial charge in [-0.1, -0.05) is 23.8 Å². The monoisotopic (exact) mass is 448 g/mol. The minimum atomic E-state index is -0.383. The first-order valence-corrected chi connectivity index (χ1v) is 10.3. The van der Waals surface area contributed by atoms with E-state index in [1.165, 1.54) is 21.3 Å². The van der Waals surface area contributed by atoms with Crippen LogP contribution in [-0.4, -0.2) is 38.2 Å². The second-order valence-corrected chi connectivity index (χ2v) is 7.30. The molecule has 0 spiro atoms. The standard InChI is InChI=1S/C25H28N4O4/c1-16-9-10-20(17(2)12-16)28-25(27-15-19-8-6-7-11-26-19)29-24(30)18-13-21(31-3)23(33-5)22(14-18)32-4/h6-14H,15H2,1-5H3,(H2,27,28,29,30). The number of hydrogen-bond acceptors (Lipinski definition) is 6. The average Bonchev–Trinajstić information content (AvgIpc) is 2.83. The molecule has 8 nitrogen and oxygen atoms in total. The van der Waals surface area contributed by atoms with Gasteiger partial charge in [-0.2, -0.15) is 0 Å². The lowest BCUT2D eigenvalue weighted by Gasteiger charge is -2.16. The number of carbonyl (C=O) groups is 1. The molecule has 0 atom stereocenters. The Kier molecular flexibility index (Phi) is 7.86. The number of nitrogens with zero attached hydrogens (tertiary/aromatic N) is 2. The summed E-state index contributed by atoms with van der Waals surface area (Å²) in [5, 5.41) is 6.08. The van der Waals surface area contributed by atoms with Gasteiger partial charge in [-0.15, -0.1) is 0 Å². The predicted octanol–water partition coefficient (Wildman–Crippen LogP) is 4.12. The molecule has 0 unspecified atom stereocenters. The molecule has 0 saturated heterocycles. The van der Waals surface area contributed by atoms with Crippen LogP contribution in [0, 0.1) is 13.8 Å². The van der Waals surface area contributed by atoms with Crippen molar-refractivity contribution in [3.8, 4) is 17.2 Å². The number of aryl methyl sites for hydroxylation is 2. The lowest BCUT2D eigenvalue weighted by molar-refractivity contribution is 0.0976. The molecule has 3 rings (SSSR count). The Hall–Kier alpha value is -4.07. The van der Waals surface area contributed by atoms with Crippen LogP contribution in [0.3, 0.4) is 0 Å². The van der Waals surface area contributed by atoms with E-state index in [2.05, 4.69) is 26.7 Å². The van der Waals surface area contributed by atoms with Gasteiger partial charge in [-0.25, -0.2) is 4.99 Å². The summed E-state index contributed by atoms with van der Waals surface area (Å²) in [7, 11) is 4.51. The molecule has 2 aromatic carbocycles. The summed E-state index contributed by atoms with van der Waals surface area (Å²) in [6.45, 7) is 4.31. The van der Waals surface area contributed by atoms with Crippen LogP contribution in [0.4, 0.5) is 5.69 Å². The number of methoxy groups -OCH3 is 3. The van der Waals surface area contributed by atoms with Gasteiger partial charge in [0, 0.05) is 17.4 Å². The molecule has 0 aliphatic carbocycles. The Balaban J connectivity index is 1.91. The topological polar surface area (TPSA) is 94.1 Å². The highest BCUT2D eigenvalue weighted by Gasteiger charge is 2.18. The van der Waals surface area contributed by atoms with E-state index >= 15 is 0 Å². The summed E-state index contributed by atoms with van der Waals surface area (Å²) in [4.78, 5) is 22.0. The molecule has 0 aliphatic rings. The van der Waals surface area contributed by atoms with Crippen molar-refractivity contribution in [2.45, 2.75) is 20.4 Å². The minimum absolute atomic E-state index is 0.295. The van der Waals surface area contributed by atoms with E-state index in [-0.39, 0.29) is 5.91 Å². The Morgan fingerprint density at radius 1 is 0.970 bits per heavy atom. The maximum absolute atomic E-state index is 13.1. The van der Waals surface area contributed by atoms with E-state index in [4.69, 9.17) is 14.2 Å². The molecule has 3 aromatic rings. The molecule has 0 radical (unpaired) electrons. The Bertz CT molecular complexity index is 1120. The van der Waals surface area contributed by atoms with Gasteiger partial charge >= 0.3 is 0 Å². The first kappa shape index (κ1) is 23.6. The van der Waals surface area contributed by atoms with Crippen LogP contribution >= 0.6 is 0 Å². The highest BCUT2D eigenvalue weighted by molar-refractivity contribution is 6.10. The van der Waals surface area contributed by atoms with E-state index in [1.54, 1.807) is 18.3 Å². The largest absolute Gasteiger partial charge is 0.493 e. The van der Waals surface area contributed by atoms with Gasteiger partial charge in [0.1, 0.15) is 0 Å². The molecule has 8 heteroatoms. The zero-order valence-corrected chi connectivity index (χ0v) is 19.4. The number of guanidine groups is 1. The third kappa shape index (κ3) is 6.00. The number of nitrogens with one attached hydrogen (secondary N) is 2. The average molecular weight is 449 g/mol. The van der Waals surface area contributed by atoms with Crippen molar-refractivity contribution in [3.05, 3.63) is 77.1 Å². The van der Waals surface area contributed by atoms with E-state index in [0.29, 0.717) is 35.3 Å². The number of hydrogen-bond donors (Lipinski definition) is 2. The smallest absolute Gasteiger partial charge is 0.258 e. The fourth-order valence-corrected chi connectivity index (χ4v) is 3.24. The van der Waals surface area contributed by atoms with Crippen molar-refractivity contribution >= 4 is 17.6 Å². The Morgan fingerprint density at radius 3 is 2.27 bits per heavy atom. The molecule has 0 fully saturated rings. The van der Waals surface area contributed by atoms with Crippen LogP contribution in [0.1, 0.15) is 27.2 Å². The highest BCUT2D eigenvalue weighted by atomic mass is 16.5. The lowest BCUT2D eigenvalue weighted by atomic mass is 10.1. The van der Waals surface area contributed by atoms with Crippen molar-refractivity contribution in [2.24, 2.45) is 4.99 Å². The first-order valence-electron chi connectivity index (χ1n) is 10.3. The molecule has 0 saturated carbocycles. The summed E-state index contributed by atoms with van der Waals surface area (Å²) in [6.07, 6.45) is 1.70. The number of benzene rings is 2. The van der Waals surface area contributed by atoms with Gasteiger partial charge in [-0.05, 0) is 49.7 Å². The van der Waals surface area contributed by atoms with Crippen LogP contribution in [0.25, 0.3) is 0 Å². The summed E-state index contributed by atoms with van der Waals surface area (Å²) in [5.41, 5.74) is 4.12. The van der Waals surface area contributed by atoms with Crippen LogP contribution in [-0.2, 0) is 6.54 Å². The van der Waals surface area contributed by atoms with E-state index in [1.807, 2.05) is 44.2 Å². The number of aromatic nitrogens is 1. The molecular weight excluding hydrogens is 420 g/mol. The predicted molar refractivity (Wildman–Crippen MR) is 128 cm³/mol. The SMILES string of the molecule is COc1cc(C(=O)NC(=NCc2ccccn2)Nc2ccc(C)cc2C)cc(OC)c1OC. The number of carbonyl (C=O) groups excluding carboxylic acids is 1. The Labute approximate surface area is 193 Å². The van der Waals surface area contributed by atoms with Crippen molar-refractivity contribution < 1.29 is 19.0 Å². The van der Waals surface area contributed by atoms with Crippen LogP contribution < -0.4 is 24.8 Å². The minimum Gasteiger partial charge on any atom is -0.493 e. The van der Waals surface area contributed by atoms with Gasteiger partial charge in [0.25, 0.3) is 5.91 Å². The number of ether oxygens (including phenoxy) is 3. The maximum atomic E-state index is 13.1. The summed E-state index contributed by atoms with van der Waals surface area (Å²) < 4.78 is 16.1. The Morgan fingerprint density at radius 2 is 1.70 bits per heavy atom. The van der Waals surface area contributed by atoms with Gasteiger partial charge < -0.3 is 19.5 Å². The summed E-state index contributed by atoms with van der Waals surface area (Å²) >= 11 is 0. The van der Waals surface area contributed by atoms with Gasteiger partial charge in [0.2, 0.25) is 11.7 Å². The van der Waals surface area contributed by atoms with Crippen molar-refractivity contribution in [1.29, 1.82) is 0 Å². The molecule has 1 aromatic heterocycles. The molecule has 1 heterocycles. The molecule has 2 N–H and O–H groups in total. The van der Waals surface area contributed by atoms with E-state index < -0.39 is 0 Å². The molecule has 0 bridgehead atoms.